The molecule has 0 aromatic carbocycles. The SMILES string of the molecule is C1=CCCC2C3=C4C5=C6C(CCC42)CSC6CC2CC(CCCC1)CC3=C52. The van der Waals surface area contributed by atoms with Crippen LogP contribution in [-0.4, -0.2) is 11.0 Å². The van der Waals surface area contributed by atoms with Gasteiger partial charge in [0.05, 0.1) is 0 Å². The minimum absolute atomic E-state index is 0.894. The highest BCUT2D eigenvalue weighted by atomic mass is 32.2. The van der Waals surface area contributed by atoms with E-state index >= 15 is 0 Å². The van der Waals surface area contributed by atoms with Gasteiger partial charge in [-0.05, 0) is 121 Å². The Hall–Kier alpha value is -0.690. The van der Waals surface area contributed by atoms with Crippen molar-refractivity contribution in [2.45, 2.75) is 75.9 Å². The zero-order valence-corrected chi connectivity index (χ0v) is 17.3. The fraction of sp³-hybridized carbons (Fsp3) is 0.692. The second-order valence-electron chi connectivity index (χ2n) is 10.4. The molecule has 0 spiro atoms. The van der Waals surface area contributed by atoms with Crippen molar-refractivity contribution in [3.05, 3.63) is 45.6 Å². The molecule has 1 heterocycles. The van der Waals surface area contributed by atoms with E-state index in [0.717, 1.165) is 34.8 Å². The number of thioether (sulfide) groups is 1. The smallest absolute Gasteiger partial charge is 0.0274 e. The molecule has 0 nitrogen and oxygen atoms in total. The molecule has 6 unspecified atom stereocenters. The lowest BCUT2D eigenvalue weighted by Crippen LogP contribution is -2.30. The first-order valence-electron chi connectivity index (χ1n) is 11.9. The summed E-state index contributed by atoms with van der Waals surface area (Å²) in [6.07, 6.45) is 20.9. The molecule has 7 aliphatic rings. The molecule has 7 rings (SSSR count). The summed E-state index contributed by atoms with van der Waals surface area (Å²) >= 11 is 2.34. The third-order valence-corrected chi connectivity index (χ3v) is 10.6. The van der Waals surface area contributed by atoms with Gasteiger partial charge in [-0.1, -0.05) is 25.0 Å². The van der Waals surface area contributed by atoms with Crippen LogP contribution < -0.4 is 0 Å². The van der Waals surface area contributed by atoms with E-state index in [9.17, 15) is 0 Å². The largest absolute Gasteiger partial charge is 0.153 e. The molecule has 6 aliphatic carbocycles. The molecule has 6 atom stereocenters. The normalized spacial score (nSPS) is 44.7. The molecule has 1 fully saturated rings. The summed E-state index contributed by atoms with van der Waals surface area (Å²) in [5, 5.41) is 0.894. The van der Waals surface area contributed by atoms with Gasteiger partial charge in [0, 0.05) is 11.0 Å². The lowest BCUT2D eigenvalue weighted by Gasteiger charge is -2.41. The average molecular weight is 377 g/mol. The molecular formula is C26H32S. The molecule has 1 heteroatoms. The molecule has 1 saturated heterocycles. The molecule has 0 aromatic heterocycles. The summed E-state index contributed by atoms with van der Waals surface area (Å²) in [6, 6.07) is 0. The van der Waals surface area contributed by atoms with Gasteiger partial charge < -0.3 is 0 Å². The number of allylic oxidation sites excluding steroid dienone is 7. The highest BCUT2D eigenvalue weighted by molar-refractivity contribution is 8.00. The Morgan fingerprint density at radius 3 is 2.70 bits per heavy atom. The van der Waals surface area contributed by atoms with Crippen molar-refractivity contribution in [3.63, 3.8) is 0 Å². The Morgan fingerprint density at radius 1 is 0.778 bits per heavy atom. The van der Waals surface area contributed by atoms with E-state index in [4.69, 9.17) is 0 Å². The van der Waals surface area contributed by atoms with Crippen LogP contribution in [-0.2, 0) is 0 Å². The van der Waals surface area contributed by atoms with E-state index in [1.54, 1.807) is 0 Å². The first kappa shape index (κ1) is 16.1. The van der Waals surface area contributed by atoms with Crippen LogP contribution in [0.5, 0.6) is 0 Å². The Bertz CT molecular complexity index is 821. The molecule has 142 valence electrons. The number of fused-ring (bicyclic) bond motifs is 2. The molecule has 0 amide bonds. The lowest BCUT2D eigenvalue weighted by atomic mass is 9.63. The van der Waals surface area contributed by atoms with Gasteiger partial charge in [0.1, 0.15) is 0 Å². The van der Waals surface area contributed by atoms with Gasteiger partial charge in [-0.25, -0.2) is 0 Å². The third kappa shape index (κ3) is 2.13. The van der Waals surface area contributed by atoms with E-state index < -0.39 is 0 Å². The second-order valence-corrected chi connectivity index (χ2v) is 11.7. The molecule has 0 N–H and O–H groups in total. The molecule has 0 aromatic rings. The van der Waals surface area contributed by atoms with Crippen molar-refractivity contribution >= 4 is 11.8 Å². The van der Waals surface area contributed by atoms with Crippen LogP contribution in [0.15, 0.2) is 45.6 Å². The van der Waals surface area contributed by atoms with Crippen molar-refractivity contribution in [3.8, 4) is 0 Å². The maximum absolute atomic E-state index is 2.52. The molecule has 0 saturated carbocycles. The zero-order chi connectivity index (χ0) is 17.5. The minimum atomic E-state index is 0.894. The highest BCUT2D eigenvalue weighted by Gasteiger charge is 2.56. The van der Waals surface area contributed by atoms with Crippen molar-refractivity contribution in [1.29, 1.82) is 0 Å². The molecule has 2 bridgehead atoms. The molecular weight excluding hydrogens is 344 g/mol. The molecule has 0 radical (unpaired) electrons. The predicted octanol–water partition coefficient (Wildman–Crippen LogP) is 7.00. The van der Waals surface area contributed by atoms with Gasteiger partial charge in [-0.2, -0.15) is 11.8 Å². The summed E-state index contributed by atoms with van der Waals surface area (Å²) in [6.45, 7) is 0. The first-order chi connectivity index (χ1) is 13.4. The zero-order valence-electron chi connectivity index (χ0n) is 16.5. The maximum atomic E-state index is 2.52. The predicted molar refractivity (Wildman–Crippen MR) is 115 cm³/mol. The van der Waals surface area contributed by atoms with E-state index in [2.05, 4.69) is 23.9 Å². The van der Waals surface area contributed by atoms with Gasteiger partial charge in [-0.15, -0.1) is 0 Å². The van der Waals surface area contributed by atoms with Crippen LogP contribution in [0.3, 0.4) is 0 Å². The summed E-state index contributed by atoms with van der Waals surface area (Å²) in [5.41, 5.74) is 11.6. The van der Waals surface area contributed by atoms with Crippen molar-refractivity contribution < 1.29 is 0 Å². The number of hydrogen-bond acceptors (Lipinski definition) is 1. The summed E-state index contributed by atoms with van der Waals surface area (Å²) in [7, 11) is 0. The van der Waals surface area contributed by atoms with Crippen LogP contribution >= 0.6 is 11.8 Å². The van der Waals surface area contributed by atoms with E-state index in [0.29, 0.717) is 0 Å². The Morgan fingerprint density at radius 2 is 1.70 bits per heavy atom. The Kier molecular flexibility index (Phi) is 3.53. The van der Waals surface area contributed by atoms with E-state index in [-0.39, 0.29) is 0 Å². The fourth-order valence-corrected chi connectivity index (χ4v) is 9.84. The molecule has 1 aliphatic heterocycles. The van der Waals surface area contributed by atoms with Crippen LogP contribution in [0.1, 0.15) is 70.6 Å². The standard InChI is InChI=1S/C26H32S/c1-2-4-6-8-18-19-10-9-16-14-27-21-13-17-11-15(7-5-3-1)12-20-22(17)26(23(16)21)25(19)24(18)20/h2,4,15-19,21H,1,3,5-14H2. The fourth-order valence-electron chi connectivity index (χ4n) is 8.17. The van der Waals surface area contributed by atoms with Crippen LogP contribution in [0, 0.1) is 29.6 Å². The van der Waals surface area contributed by atoms with Crippen molar-refractivity contribution in [2.75, 3.05) is 5.75 Å². The van der Waals surface area contributed by atoms with Crippen molar-refractivity contribution in [1.82, 2.24) is 0 Å². The van der Waals surface area contributed by atoms with Crippen LogP contribution in [0.2, 0.25) is 0 Å². The third-order valence-electron chi connectivity index (χ3n) is 9.17. The van der Waals surface area contributed by atoms with E-state index in [1.165, 1.54) is 76.4 Å². The van der Waals surface area contributed by atoms with Gasteiger partial charge in [0.15, 0.2) is 0 Å². The highest BCUT2D eigenvalue weighted by Crippen LogP contribution is 2.69. The van der Waals surface area contributed by atoms with Gasteiger partial charge in [0.2, 0.25) is 0 Å². The van der Waals surface area contributed by atoms with Crippen LogP contribution in [0.25, 0.3) is 0 Å². The summed E-state index contributed by atoms with van der Waals surface area (Å²) in [4.78, 5) is 0. The first-order valence-corrected chi connectivity index (χ1v) is 12.9. The second kappa shape index (κ2) is 5.91. The average Bonchev–Trinajstić information content (AvgIpc) is 3.14. The van der Waals surface area contributed by atoms with Gasteiger partial charge in [-0.3, -0.25) is 0 Å². The lowest BCUT2D eigenvalue weighted by molar-refractivity contribution is 0.310. The van der Waals surface area contributed by atoms with Crippen molar-refractivity contribution in [2.24, 2.45) is 29.6 Å². The summed E-state index contributed by atoms with van der Waals surface area (Å²) < 4.78 is 0. The topological polar surface area (TPSA) is 0 Å². The maximum Gasteiger partial charge on any atom is 0.0274 e. The monoisotopic (exact) mass is 376 g/mol. The van der Waals surface area contributed by atoms with Gasteiger partial charge in [0.25, 0.3) is 0 Å². The molecule has 27 heavy (non-hydrogen) atoms. The minimum Gasteiger partial charge on any atom is -0.153 e. The van der Waals surface area contributed by atoms with E-state index in [1.807, 2.05) is 33.4 Å². The number of rotatable bonds is 0. The quantitative estimate of drug-likeness (QED) is 0.410. The number of hydrogen-bond donors (Lipinski definition) is 0. The Labute approximate surface area is 168 Å². The summed E-state index contributed by atoms with van der Waals surface area (Å²) in [5.74, 6) is 6.11. The Balaban J connectivity index is 1.40. The van der Waals surface area contributed by atoms with Crippen LogP contribution in [0.4, 0.5) is 0 Å². The van der Waals surface area contributed by atoms with Gasteiger partial charge >= 0.3 is 0 Å².